The van der Waals surface area contributed by atoms with E-state index in [-0.39, 0.29) is 29.2 Å². The van der Waals surface area contributed by atoms with Crippen LogP contribution in [0.2, 0.25) is 0 Å². The van der Waals surface area contributed by atoms with Crippen molar-refractivity contribution in [2.45, 2.75) is 18.2 Å². The van der Waals surface area contributed by atoms with E-state index in [9.17, 15) is 13.2 Å². The van der Waals surface area contributed by atoms with E-state index in [4.69, 9.17) is 9.78 Å². The maximum Gasteiger partial charge on any atom is 0.241 e. The molecule has 8 nitrogen and oxygen atoms in total. The lowest BCUT2D eigenvalue weighted by molar-refractivity contribution is -0.116. The van der Waals surface area contributed by atoms with Crippen LogP contribution in [0.5, 0.6) is 0 Å². The maximum absolute atomic E-state index is 12.1. The predicted octanol–water partition coefficient (Wildman–Crippen LogP) is 1.16. The van der Waals surface area contributed by atoms with Crippen LogP contribution in [-0.2, 0) is 14.8 Å². The molecule has 0 atom stereocenters. The Hall–Kier alpha value is -2.70. The van der Waals surface area contributed by atoms with Crippen LogP contribution >= 0.6 is 0 Å². The predicted molar refractivity (Wildman–Crippen MR) is 80.8 cm³/mol. The Morgan fingerprint density at radius 1 is 1.39 bits per heavy atom. The molecule has 0 fully saturated rings. The van der Waals surface area contributed by atoms with Gasteiger partial charge in [0.15, 0.2) is 5.82 Å². The van der Waals surface area contributed by atoms with Gasteiger partial charge in [0.1, 0.15) is 11.8 Å². The van der Waals surface area contributed by atoms with Crippen LogP contribution in [0, 0.1) is 18.3 Å². The number of nitrogens with one attached hydrogen (secondary N) is 2. The number of amides is 1. The van der Waals surface area contributed by atoms with Gasteiger partial charge >= 0.3 is 0 Å². The largest absolute Gasteiger partial charge is 0.360 e. The zero-order chi connectivity index (χ0) is 16.9. The summed E-state index contributed by atoms with van der Waals surface area (Å²) in [5.41, 5.74) is 0.0440. The molecule has 1 aromatic carbocycles. The van der Waals surface area contributed by atoms with Crippen LogP contribution in [0.1, 0.15) is 17.7 Å². The van der Waals surface area contributed by atoms with Gasteiger partial charge in [0.2, 0.25) is 15.9 Å². The first-order valence-electron chi connectivity index (χ1n) is 6.64. The quantitative estimate of drug-likeness (QED) is 0.816. The highest BCUT2D eigenvalue weighted by atomic mass is 32.2. The summed E-state index contributed by atoms with van der Waals surface area (Å²) < 4.78 is 31.4. The number of sulfonamides is 1. The summed E-state index contributed by atoms with van der Waals surface area (Å²) in [7, 11) is -3.85. The number of hydrogen-bond donors (Lipinski definition) is 2. The summed E-state index contributed by atoms with van der Waals surface area (Å²) in [6, 6.07) is 9.21. The molecule has 2 N–H and O–H groups in total. The van der Waals surface area contributed by atoms with Crippen LogP contribution < -0.4 is 10.0 Å². The fourth-order valence-corrected chi connectivity index (χ4v) is 2.99. The number of carbonyl (C=O) groups is 1. The normalized spacial score (nSPS) is 11.0. The van der Waals surface area contributed by atoms with Crippen molar-refractivity contribution in [2.75, 3.05) is 11.9 Å². The van der Waals surface area contributed by atoms with Crippen molar-refractivity contribution in [2.24, 2.45) is 0 Å². The Morgan fingerprint density at radius 3 is 2.78 bits per heavy atom. The van der Waals surface area contributed by atoms with E-state index < -0.39 is 15.9 Å². The lowest BCUT2D eigenvalue weighted by atomic mass is 10.2. The summed E-state index contributed by atoms with van der Waals surface area (Å²) in [4.78, 5) is 11.6. The van der Waals surface area contributed by atoms with Crippen molar-refractivity contribution in [3.8, 4) is 6.07 Å². The molecule has 2 rings (SSSR count). The average molecular weight is 334 g/mol. The van der Waals surface area contributed by atoms with Gasteiger partial charge in [0.05, 0.1) is 10.5 Å². The number of carbonyl (C=O) groups excluding carboxylic acids is 1. The lowest BCUT2D eigenvalue weighted by Crippen LogP contribution is -2.28. The SMILES string of the molecule is Cc1cc(NC(=O)CCNS(=O)(=O)c2ccccc2C#N)no1. The number of benzene rings is 1. The van der Waals surface area contributed by atoms with Crippen molar-refractivity contribution in [3.63, 3.8) is 0 Å². The van der Waals surface area contributed by atoms with Gasteiger partial charge in [-0.3, -0.25) is 4.79 Å². The standard InChI is InChI=1S/C14H14N4O4S/c1-10-8-13(18-22-10)17-14(19)6-7-16-23(20,21)12-5-3-2-4-11(12)9-15/h2-5,8,16H,6-7H2,1H3,(H,17,18,19). The second-order valence-corrected chi connectivity index (χ2v) is 6.36. The molecule has 0 aliphatic carbocycles. The van der Waals surface area contributed by atoms with E-state index in [1.54, 1.807) is 19.1 Å². The molecule has 23 heavy (non-hydrogen) atoms. The van der Waals surface area contributed by atoms with E-state index in [1.807, 2.05) is 6.07 Å². The lowest BCUT2D eigenvalue weighted by Gasteiger charge is -2.07. The zero-order valence-corrected chi connectivity index (χ0v) is 13.1. The van der Waals surface area contributed by atoms with E-state index in [0.29, 0.717) is 5.76 Å². The smallest absolute Gasteiger partial charge is 0.241 e. The summed E-state index contributed by atoms with van der Waals surface area (Å²) in [6.07, 6.45) is -0.0835. The van der Waals surface area contributed by atoms with Crippen LogP contribution in [0.4, 0.5) is 5.82 Å². The molecule has 0 saturated heterocycles. The summed E-state index contributed by atoms with van der Waals surface area (Å²) in [5, 5.41) is 15.0. The molecule has 0 aliphatic rings. The van der Waals surface area contributed by atoms with Crippen molar-refractivity contribution in [1.29, 1.82) is 5.26 Å². The van der Waals surface area contributed by atoms with E-state index in [2.05, 4.69) is 15.2 Å². The van der Waals surface area contributed by atoms with E-state index in [1.165, 1.54) is 18.2 Å². The molecule has 9 heteroatoms. The third-order valence-corrected chi connectivity index (χ3v) is 4.36. The number of nitrogens with zero attached hydrogens (tertiary/aromatic N) is 2. The number of hydrogen-bond acceptors (Lipinski definition) is 6. The van der Waals surface area contributed by atoms with Crippen LogP contribution in [0.15, 0.2) is 39.8 Å². The molecule has 120 valence electrons. The second kappa shape index (κ2) is 7.04. The maximum atomic E-state index is 12.1. The van der Waals surface area contributed by atoms with Crippen molar-refractivity contribution >= 4 is 21.7 Å². The number of nitriles is 1. The Balaban J connectivity index is 1.92. The first-order valence-corrected chi connectivity index (χ1v) is 8.12. The minimum atomic E-state index is -3.85. The summed E-state index contributed by atoms with van der Waals surface area (Å²) in [6.45, 7) is 1.58. The number of aromatic nitrogens is 1. The fourth-order valence-electron chi connectivity index (χ4n) is 1.80. The highest BCUT2D eigenvalue weighted by Crippen LogP contribution is 2.14. The highest BCUT2D eigenvalue weighted by Gasteiger charge is 2.18. The third-order valence-electron chi connectivity index (χ3n) is 2.84. The fraction of sp³-hybridized carbons (Fsp3) is 0.214. The Labute approximate surface area is 133 Å². The van der Waals surface area contributed by atoms with Gasteiger partial charge in [0, 0.05) is 19.0 Å². The van der Waals surface area contributed by atoms with Crippen molar-refractivity contribution in [3.05, 3.63) is 41.7 Å². The molecule has 1 aromatic heterocycles. The Bertz CT molecular complexity index is 852. The van der Waals surface area contributed by atoms with Crippen LogP contribution in [-0.4, -0.2) is 26.0 Å². The minimum Gasteiger partial charge on any atom is -0.360 e. The monoisotopic (exact) mass is 334 g/mol. The molecule has 0 radical (unpaired) electrons. The first kappa shape index (κ1) is 16.7. The number of aryl methyl sites for hydroxylation is 1. The molecular weight excluding hydrogens is 320 g/mol. The van der Waals surface area contributed by atoms with Gasteiger partial charge in [-0.2, -0.15) is 5.26 Å². The molecule has 0 bridgehead atoms. The topological polar surface area (TPSA) is 125 Å². The molecule has 0 saturated carbocycles. The van der Waals surface area contributed by atoms with Crippen molar-refractivity contribution in [1.82, 2.24) is 9.88 Å². The molecule has 1 amide bonds. The van der Waals surface area contributed by atoms with Gasteiger partial charge in [-0.25, -0.2) is 13.1 Å². The Kier molecular flexibility index (Phi) is 5.10. The number of rotatable bonds is 6. The van der Waals surface area contributed by atoms with Crippen molar-refractivity contribution < 1.29 is 17.7 Å². The second-order valence-electron chi connectivity index (χ2n) is 4.63. The highest BCUT2D eigenvalue weighted by molar-refractivity contribution is 7.89. The van der Waals surface area contributed by atoms with Gasteiger partial charge in [-0.15, -0.1) is 0 Å². The molecule has 0 spiro atoms. The number of anilines is 1. The zero-order valence-electron chi connectivity index (χ0n) is 12.2. The van der Waals surface area contributed by atoms with Crippen LogP contribution in [0.25, 0.3) is 0 Å². The minimum absolute atomic E-state index is 0.0440. The summed E-state index contributed by atoms with van der Waals surface area (Å²) >= 11 is 0. The molecule has 2 aromatic rings. The van der Waals surface area contributed by atoms with E-state index >= 15 is 0 Å². The van der Waals surface area contributed by atoms with Gasteiger partial charge < -0.3 is 9.84 Å². The average Bonchev–Trinajstić information content (AvgIpc) is 2.92. The van der Waals surface area contributed by atoms with E-state index in [0.717, 1.165) is 0 Å². The van der Waals surface area contributed by atoms with Crippen LogP contribution in [0.3, 0.4) is 0 Å². The van der Waals surface area contributed by atoms with Gasteiger partial charge in [-0.1, -0.05) is 17.3 Å². The Morgan fingerprint density at radius 2 is 2.13 bits per heavy atom. The molecule has 0 aliphatic heterocycles. The molecule has 0 unspecified atom stereocenters. The molecular formula is C14H14N4O4S. The van der Waals surface area contributed by atoms with Gasteiger partial charge in [0.25, 0.3) is 0 Å². The van der Waals surface area contributed by atoms with Gasteiger partial charge in [-0.05, 0) is 19.1 Å². The molecule has 1 heterocycles. The first-order chi connectivity index (χ1) is 10.9. The summed E-state index contributed by atoms with van der Waals surface area (Å²) in [5.74, 6) is 0.411. The third kappa shape index (κ3) is 4.38.